The van der Waals surface area contributed by atoms with Crippen LogP contribution in [-0.4, -0.2) is 0 Å². The highest BCUT2D eigenvalue weighted by atomic mass is 14.5. The lowest BCUT2D eigenvalue weighted by Crippen LogP contribution is -2.30. The molecule has 1 saturated carbocycles. The number of fused-ring (bicyclic) bond motifs is 3. The van der Waals surface area contributed by atoms with Gasteiger partial charge in [-0.1, -0.05) is 356 Å². The number of hydrogen-bond donors (Lipinski definition) is 0. The van der Waals surface area contributed by atoms with Crippen LogP contribution < -0.4 is 0 Å². The van der Waals surface area contributed by atoms with E-state index in [4.69, 9.17) is 0 Å². The van der Waals surface area contributed by atoms with Gasteiger partial charge in [-0.25, -0.2) is 0 Å². The van der Waals surface area contributed by atoms with E-state index in [1.165, 1.54) is 155 Å². The van der Waals surface area contributed by atoms with E-state index in [2.05, 4.69) is 350 Å². The highest BCUT2D eigenvalue weighted by Gasteiger charge is 2.45. The Bertz CT molecular complexity index is 3620. The maximum atomic E-state index is 2.35. The van der Waals surface area contributed by atoms with Crippen LogP contribution >= 0.6 is 0 Å². The zero-order chi connectivity index (χ0) is 60.8. The molecule has 1 fully saturated rings. The van der Waals surface area contributed by atoms with Crippen LogP contribution in [0.5, 0.6) is 0 Å². The molecule has 0 spiro atoms. The van der Waals surface area contributed by atoms with Gasteiger partial charge in [0.25, 0.3) is 0 Å². The van der Waals surface area contributed by atoms with E-state index in [1.807, 2.05) is 0 Å². The van der Waals surface area contributed by atoms with Crippen molar-refractivity contribution in [1.82, 2.24) is 0 Å². The Morgan fingerprint density at radius 2 is 0.477 bits per heavy atom. The van der Waals surface area contributed by atoms with Gasteiger partial charge >= 0.3 is 0 Å². The fourth-order valence-electron chi connectivity index (χ4n) is 12.5. The second kappa shape index (κ2) is 28.1. The maximum Gasteiger partial charge on any atom is 0.0713 e. The van der Waals surface area contributed by atoms with E-state index in [0.717, 1.165) is 0 Å². The maximum absolute atomic E-state index is 2.35. The average Bonchev–Trinajstić information content (AvgIpc) is 3.48. The fourth-order valence-corrected chi connectivity index (χ4v) is 12.5. The van der Waals surface area contributed by atoms with Crippen molar-refractivity contribution in [3.63, 3.8) is 0 Å². The number of rotatable bonds is 7. The first kappa shape index (κ1) is 62.0. The van der Waals surface area contributed by atoms with Crippen LogP contribution in [0.15, 0.2) is 267 Å². The molecular formula is C86H90. The van der Waals surface area contributed by atoms with Gasteiger partial charge in [0.15, 0.2) is 0 Å². The van der Waals surface area contributed by atoms with Gasteiger partial charge in [-0.05, 0) is 149 Å². The number of hydrogen-bond acceptors (Lipinski definition) is 0. The third-order valence-electron chi connectivity index (χ3n) is 18.0. The van der Waals surface area contributed by atoms with Gasteiger partial charge in [-0.3, -0.25) is 0 Å². The molecule has 0 aromatic heterocycles. The molecule has 2 aliphatic carbocycles. The smallest absolute Gasteiger partial charge is 0.0619 e. The second-order valence-electron chi connectivity index (χ2n) is 25.2. The molecule has 434 valence electrons. The Labute approximate surface area is 517 Å². The van der Waals surface area contributed by atoms with Crippen LogP contribution in [0.1, 0.15) is 146 Å². The van der Waals surface area contributed by atoms with Crippen molar-refractivity contribution >= 4 is 0 Å². The van der Waals surface area contributed by atoms with Gasteiger partial charge in [0.05, 0.1) is 5.41 Å². The van der Waals surface area contributed by atoms with Gasteiger partial charge in [0, 0.05) is 10.8 Å². The quantitative estimate of drug-likeness (QED) is 0.149. The standard InChI is InChI=1S/C27H22.C20H24.C17H20.C14H14.C8H10/c1-19-11-15-21(16-12-19)27(22-17-13-20(2)14-18-22)25-9-5-3-7-23(25)24-8-4-6-10-26(24)27;1-16-6-10-18(11-7-16)20(14-4-3-5-15-20)19-12-8-17(2)9-13-19;1-13-5-9-15(10-6-13)17(3,4)16-11-7-14(2)8-12-16;1-11-3-7-13(8-4-11)14-9-5-12(2)6-10-14;1-7-3-5-8(2)6-4-7/h3-18H,1-2H3;6-13H,3-5,14-15H2,1-2H3;5-12H,1-4H3;3-10H,1-2H3;3-6H,1-2H3. The minimum atomic E-state index is -0.269. The fraction of sp³-hybridized carbons (Fsp3) is 0.233. The van der Waals surface area contributed by atoms with E-state index >= 15 is 0 Å². The van der Waals surface area contributed by atoms with Crippen molar-refractivity contribution in [2.45, 2.75) is 131 Å². The third kappa shape index (κ3) is 14.6. The van der Waals surface area contributed by atoms with Crippen LogP contribution in [0, 0.1) is 69.2 Å². The molecule has 0 bridgehead atoms. The zero-order valence-electron chi connectivity index (χ0n) is 53.4. The largest absolute Gasteiger partial charge is 0.0713 e. The minimum absolute atomic E-state index is 0.0708. The summed E-state index contributed by atoms with van der Waals surface area (Å²) in [7, 11) is 0. The molecular weight excluding hydrogens is 1030 g/mol. The highest BCUT2D eigenvalue weighted by molar-refractivity contribution is 5.86. The van der Waals surface area contributed by atoms with Crippen molar-refractivity contribution in [2.75, 3.05) is 0 Å². The van der Waals surface area contributed by atoms with E-state index in [0.29, 0.717) is 0 Å². The molecule has 0 nitrogen and oxygen atoms in total. The molecule has 13 rings (SSSR count). The Kier molecular flexibility index (Phi) is 20.2. The van der Waals surface area contributed by atoms with E-state index < -0.39 is 0 Å². The summed E-state index contributed by atoms with van der Waals surface area (Å²) in [4.78, 5) is 0. The molecule has 0 atom stereocenters. The van der Waals surface area contributed by atoms with Crippen LogP contribution in [0.25, 0.3) is 22.3 Å². The normalized spacial score (nSPS) is 13.3. The predicted molar refractivity (Wildman–Crippen MR) is 371 cm³/mol. The van der Waals surface area contributed by atoms with Crippen LogP contribution in [-0.2, 0) is 16.2 Å². The van der Waals surface area contributed by atoms with Crippen molar-refractivity contribution in [1.29, 1.82) is 0 Å². The first-order chi connectivity index (χ1) is 41.5. The molecule has 0 heteroatoms. The first-order valence-corrected chi connectivity index (χ1v) is 31.3. The highest BCUT2D eigenvalue weighted by Crippen LogP contribution is 2.56. The van der Waals surface area contributed by atoms with Crippen molar-refractivity contribution < 1.29 is 0 Å². The Morgan fingerprint density at radius 3 is 0.767 bits per heavy atom. The summed E-state index contributed by atoms with van der Waals surface area (Å²) in [5.74, 6) is 0. The van der Waals surface area contributed by atoms with Gasteiger partial charge in [0.1, 0.15) is 0 Å². The molecule has 11 aromatic carbocycles. The molecule has 0 aliphatic heterocycles. The van der Waals surface area contributed by atoms with E-state index in [9.17, 15) is 0 Å². The van der Waals surface area contributed by atoms with Crippen molar-refractivity contribution in [3.05, 3.63) is 367 Å². The van der Waals surface area contributed by atoms with Crippen molar-refractivity contribution in [3.8, 4) is 22.3 Å². The lowest BCUT2D eigenvalue weighted by molar-refractivity contribution is 0.346. The molecule has 86 heavy (non-hydrogen) atoms. The average molecular weight is 1120 g/mol. The molecule has 2 aliphatic rings. The molecule has 0 N–H and O–H groups in total. The summed E-state index contributed by atoms with van der Waals surface area (Å²) in [6.45, 7) is 25.9. The molecule has 0 heterocycles. The van der Waals surface area contributed by atoms with Crippen LogP contribution in [0.4, 0.5) is 0 Å². The molecule has 0 amide bonds. The van der Waals surface area contributed by atoms with Gasteiger partial charge in [-0.15, -0.1) is 0 Å². The molecule has 0 unspecified atom stereocenters. The molecule has 0 saturated heterocycles. The lowest BCUT2D eigenvalue weighted by atomic mass is 9.65. The third-order valence-corrected chi connectivity index (χ3v) is 18.0. The lowest BCUT2D eigenvalue weighted by Gasteiger charge is -2.38. The predicted octanol–water partition coefficient (Wildman–Crippen LogP) is 23.1. The van der Waals surface area contributed by atoms with Crippen LogP contribution in [0.3, 0.4) is 0 Å². The molecule has 0 radical (unpaired) electrons. The summed E-state index contributed by atoms with van der Waals surface area (Å²) >= 11 is 0. The second-order valence-corrected chi connectivity index (χ2v) is 25.2. The van der Waals surface area contributed by atoms with Gasteiger partial charge < -0.3 is 0 Å². The topological polar surface area (TPSA) is 0 Å². The Hall–Kier alpha value is -8.58. The Morgan fingerprint density at radius 1 is 0.244 bits per heavy atom. The number of benzene rings is 11. The van der Waals surface area contributed by atoms with E-state index in [1.54, 1.807) is 0 Å². The summed E-state index contributed by atoms with van der Waals surface area (Å²) in [5.41, 5.74) is 29.6. The molecule has 11 aromatic rings. The SMILES string of the molecule is Cc1ccc(-c2ccc(C)cc2)cc1.Cc1ccc(C(C)(C)c2ccc(C)cc2)cc1.Cc1ccc(C)cc1.Cc1ccc(C2(c3ccc(C)cc3)CCCCC2)cc1.Cc1ccc(C2(c3ccc(C)cc3)c3ccccc3-c3ccccc32)cc1. The minimum Gasteiger partial charge on any atom is -0.0619 e. The summed E-state index contributed by atoms with van der Waals surface area (Å²) in [6.07, 6.45) is 6.67. The summed E-state index contributed by atoms with van der Waals surface area (Å²) in [6, 6.07) is 97.7. The monoisotopic (exact) mass is 1120 g/mol. The first-order valence-electron chi connectivity index (χ1n) is 31.3. The summed E-state index contributed by atoms with van der Waals surface area (Å²) < 4.78 is 0. The summed E-state index contributed by atoms with van der Waals surface area (Å²) in [5, 5.41) is 0. The Balaban J connectivity index is 0.000000134. The zero-order valence-corrected chi connectivity index (χ0v) is 53.4. The van der Waals surface area contributed by atoms with Gasteiger partial charge in [0.2, 0.25) is 0 Å². The van der Waals surface area contributed by atoms with E-state index in [-0.39, 0.29) is 16.2 Å². The van der Waals surface area contributed by atoms with Gasteiger partial charge in [-0.2, -0.15) is 0 Å². The number of aryl methyl sites for hydroxylation is 10. The van der Waals surface area contributed by atoms with Crippen molar-refractivity contribution in [2.24, 2.45) is 0 Å². The van der Waals surface area contributed by atoms with Crippen LogP contribution in [0.2, 0.25) is 0 Å².